The van der Waals surface area contributed by atoms with Gasteiger partial charge in [0.1, 0.15) is 0 Å². The lowest BCUT2D eigenvalue weighted by molar-refractivity contribution is 0.178. The van der Waals surface area contributed by atoms with Crippen LogP contribution in [0, 0.1) is 5.92 Å². The second kappa shape index (κ2) is 5.30. The number of aliphatic hydroxyl groups excluding tert-OH is 1. The van der Waals surface area contributed by atoms with Gasteiger partial charge in [0.05, 0.1) is 11.9 Å². The summed E-state index contributed by atoms with van der Waals surface area (Å²) in [6.07, 6.45) is 2.12. The van der Waals surface area contributed by atoms with Crippen molar-refractivity contribution in [1.29, 1.82) is 0 Å². The highest BCUT2D eigenvalue weighted by Gasteiger charge is 2.23. The van der Waals surface area contributed by atoms with E-state index in [2.05, 4.69) is 4.72 Å². The van der Waals surface area contributed by atoms with E-state index in [1.807, 2.05) is 0 Å². The second-order valence-electron chi connectivity index (χ2n) is 3.69. The van der Waals surface area contributed by atoms with Crippen molar-refractivity contribution in [3.63, 3.8) is 0 Å². The van der Waals surface area contributed by atoms with E-state index in [0.717, 1.165) is 12.8 Å². The van der Waals surface area contributed by atoms with Gasteiger partial charge < -0.3 is 5.11 Å². The molecule has 6 heteroatoms. The quantitative estimate of drug-likeness (QED) is 0.681. The Morgan fingerprint density at radius 1 is 1.43 bits per heavy atom. The first-order valence-electron chi connectivity index (χ1n) is 4.75. The molecule has 0 aliphatic heterocycles. The molecule has 0 heterocycles. The fourth-order valence-corrected chi connectivity index (χ4v) is 3.10. The van der Waals surface area contributed by atoms with Crippen LogP contribution in [0.15, 0.2) is 0 Å². The Morgan fingerprint density at radius 2 is 2.14 bits per heavy atom. The molecule has 0 aromatic heterocycles. The molecular weight excluding hydrogens is 226 g/mol. The van der Waals surface area contributed by atoms with E-state index in [1.54, 1.807) is 0 Å². The first-order chi connectivity index (χ1) is 6.53. The van der Waals surface area contributed by atoms with Crippen LogP contribution in [0.4, 0.5) is 0 Å². The van der Waals surface area contributed by atoms with Crippen molar-refractivity contribution in [3.8, 4) is 0 Å². The number of aliphatic hydroxyl groups is 1. The van der Waals surface area contributed by atoms with Gasteiger partial charge in [0.15, 0.2) is 0 Å². The molecule has 0 radical (unpaired) electrons. The molecule has 84 valence electrons. The van der Waals surface area contributed by atoms with E-state index in [4.69, 9.17) is 11.6 Å². The van der Waals surface area contributed by atoms with Crippen LogP contribution in [0.25, 0.3) is 0 Å². The molecule has 0 spiro atoms. The normalized spacial score (nSPS) is 28.1. The Labute approximate surface area is 89.7 Å². The largest absolute Gasteiger partial charge is 0.393 e. The Kier molecular flexibility index (Phi) is 4.63. The van der Waals surface area contributed by atoms with Crippen molar-refractivity contribution in [2.45, 2.75) is 25.4 Å². The van der Waals surface area contributed by atoms with Crippen molar-refractivity contribution in [2.75, 3.05) is 18.2 Å². The van der Waals surface area contributed by atoms with Crippen molar-refractivity contribution in [1.82, 2.24) is 4.72 Å². The minimum absolute atomic E-state index is 0.0379. The van der Waals surface area contributed by atoms with E-state index < -0.39 is 10.0 Å². The van der Waals surface area contributed by atoms with E-state index in [0.29, 0.717) is 13.0 Å². The maximum atomic E-state index is 11.2. The monoisotopic (exact) mass is 241 g/mol. The molecule has 0 amide bonds. The first-order valence-corrected chi connectivity index (χ1v) is 6.93. The Morgan fingerprint density at radius 3 is 2.64 bits per heavy atom. The smallest absolute Gasteiger partial charge is 0.212 e. The van der Waals surface area contributed by atoms with Gasteiger partial charge in [-0.25, -0.2) is 13.1 Å². The van der Waals surface area contributed by atoms with Gasteiger partial charge in [-0.15, -0.1) is 11.6 Å². The maximum Gasteiger partial charge on any atom is 0.212 e. The van der Waals surface area contributed by atoms with Crippen molar-refractivity contribution in [2.24, 2.45) is 5.92 Å². The molecule has 1 aliphatic carbocycles. The van der Waals surface area contributed by atoms with Crippen LogP contribution in [0.2, 0.25) is 0 Å². The summed E-state index contributed by atoms with van der Waals surface area (Å²) in [6.45, 7) is 0.427. The summed E-state index contributed by atoms with van der Waals surface area (Å²) in [6, 6.07) is 0. The van der Waals surface area contributed by atoms with E-state index in [-0.39, 0.29) is 23.7 Å². The molecule has 1 aliphatic rings. The fourth-order valence-electron chi connectivity index (χ4n) is 1.65. The molecule has 0 aromatic carbocycles. The zero-order chi connectivity index (χ0) is 10.6. The molecule has 1 rings (SSSR count). The van der Waals surface area contributed by atoms with Gasteiger partial charge in [-0.3, -0.25) is 0 Å². The zero-order valence-electron chi connectivity index (χ0n) is 7.95. The summed E-state index contributed by atoms with van der Waals surface area (Å²) in [4.78, 5) is 0. The summed E-state index contributed by atoms with van der Waals surface area (Å²) in [5.41, 5.74) is 0. The number of alkyl halides is 1. The Balaban J connectivity index is 2.26. The summed E-state index contributed by atoms with van der Waals surface area (Å²) in [5.74, 6) is 0.349. The molecule has 0 aromatic rings. The van der Waals surface area contributed by atoms with Crippen LogP contribution in [0.5, 0.6) is 0 Å². The lowest BCUT2D eigenvalue weighted by atomic mass is 10.1. The van der Waals surface area contributed by atoms with Gasteiger partial charge >= 0.3 is 0 Å². The number of rotatable bonds is 5. The third-order valence-electron chi connectivity index (χ3n) is 2.45. The number of halogens is 1. The predicted molar refractivity (Wildman–Crippen MR) is 55.9 cm³/mol. The van der Waals surface area contributed by atoms with Crippen molar-refractivity contribution in [3.05, 3.63) is 0 Å². The van der Waals surface area contributed by atoms with E-state index in [1.165, 1.54) is 0 Å². The number of sulfonamides is 1. The zero-order valence-corrected chi connectivity index (χ0v) is 9.52. The summed E-state index contributed by atoms with van der Waals surface area (Å²) in [7, 11) is -3.20. The van der Waals surface area contributed by atoms with Gasteiger partial charge in [0, 0.05) is 12.4 Å². The molecule has 0 saturated heterocycles. The summed E-state index contributed by atoms with van der Waals surface area (Å²) >= 11 is 5.35. The molecule has 1 fully saturated rings. The number of hydrogen-bond donors (Lipinski definition) is 2. The summed E-state index contributed by atoms with van der Waals surface area (Å²) < 4.78 is 24.9. The molecule has 4 nitrogen and oxygen atoms in total. The second-order valence-corrected chi connectivity index (χ2v) is 5.99. The van der Waals surface area contributed by atoms with Crippen LogP contribution in [-0.2, 0) is 10.0 Å². The van der Waals surface area contributed by atoms with E-state index in [9.17, 15) is 13.5 Å². The molecule has 0 bridgehead atoms. The Bertz CT molecular complexity index is 268. The van der Waals surface area contributed by atoms with Crippen LogP contribution in [0.3, 0.4) is 0 Å². The lowest BCUT2D eigenvalue weighted by Crippen LogP contribution is -2.31. The highest BCUT2D eigenvalue weighted by Crippen LogP contribution is 2.24. The molecule has 1 saturated carbocycles. The van der Waals surface area contributed by atoms with Crippen LogP contribution < -0.4 is 4.72 Å². The predicted octanol–water partition coefficient (Wildman–Crippen LogP) is 0.306. The minimum Gasteiger partial charge on any atom is -0.393 e. The standard InChI is InChI=1S/C8H16ClNO3S/c9-3-4-14(12,13)10-6-7-1-2-8(11)5-7/h7-8,10-11H,1-6H2. The highest BCUT2D eigenvalue weighted by atomic mass is 35.5. The Hall–Kier alpha value is 0.160. The third kappa shape index (κ3) is 4.13. The van der Waals surface area contributed by atoms with Crippen LogP contribution in [0.1, 0.15) is 19.3 Å². The number of nitrogens with one attached hydrogen (secondary N) is 1. The molecule has 14 heavy (non-hydrogen) atoms. The average Bonchev–Trinajstić information content (AvgIpc) is 2.48. The van der Waals surface area contributed by atoms with Gasteiger partial charge in [0.2, 0.25) is 10.0 Å². The lowest BCUT2D eigenvalue weighted by Gasteiger charge is -2.10. The van der Waals surface area contributed by atoms with Crippen molar-refractivity contribution >= 4 is 21.6 Å². The number of hydrogen-bond acceptors (Lipinski definition) is 3. The summed E-state index contributed by atoms with van der Waals surface area (Å²) in [5, 5.41) is 9.23. The van der Waals surface area contributed by atoms with Gasteiger partial charge in [-0.2, -0.15) is 0 Å². The van der Waals surface area contributed by atoms with Gasteiger partial charge in [-0.1, -0.05) is 0 Å². The van der Waals surface area contributed by atoms with Crippen molar-refractivity contribution < 1.29 is 13.5 Å². The third-order valence-corrected chi connectivity index (χ3v) is 4.21. The first kappa shape index (κ1) is 12.2. The average molecular weight is 242 g/mol. The van der Waals surface area contributed by atoms with Crippen LogP contribution in [-0.4, -0.2) is 37.8 Å². The van der Waals surface area contributed by atoms with Gasteiger partial charge in [0.25, 0.3) is 0 Å². The highest BCUT2D eigenvalue weighted by molar-refractivity contribution is 7.89. The fraction of sp³-hybridized carbons (Fsp3) is 1.00. The maximum absolute atomic E-state index is 11.2. The molecule has 2 unspecified atom stereocenters. The molecule has 2 N–H and O–H groups in total. The molecule has 2 atom stereocenters. The molecular formula is C8H16ClNO3S. The van der Waals surface area contributed by atoms with Gasteiger partial charge in [-0.05, 0) is 25.2 Å². The van der Waals surface area contributed by atoms with E-state index >= 15 is 0 Å². The SMILES string of the molecule is O=S(=O)(CCCl)NCC1CCC(O)C1. The minimum atomic E-state index is -3.20. The van der Waals surface area contributed by atoms with Crippen LogP contribution >= 0.6 is 11.6 Å². The topological polar surface area (TPSA) is 66.4 Å².